The van der Waals surface area contributed by atoms with Gasteiger partial charge in [0.05, 0.1) is 5.56 Å². The van der Waals surface area contributed by atoms with E-state index in [1.807, 2.05) is 30.3 Å². The summed E-state index contributed by atoms with van der Waals surface area (Å²) in [6.45, 7) is 0.150. The average molecular weight is 274 g/mol. The Kier molecular flexibility index (Phi) is 4.50. The van der Waals surface area contributed by atoms with Crippen LogP contribution in [0.1, 0.15) is 15.9 Å². The first-order chi connectivity index (χ1) is 9.63. The van der Waals surface area contributed by atoms with Gasteiger partial charge in [0.25, 0.3) is 0 Å². The number of aldehydes is 1. The van der Waals surface area contributed by atoms with Crippen LogP contribution in [-0.2, 0) is 6.61 Å². The minimum absolute atomic E-state index is 0.111. The Bertz CT molecular complexity index is 602. The second kappa shape index (κ2) is 6.32. The van der Waals surface area contributed by atoms with Crippen LogP contribution in [0.25, 0.3) is 0 Å². The normalized spacial score (nSPS) is 10.2. The van der Waals surface area contributed by atoms with E-state index in [0.717, 1.165) is 5.56 Å². The first kappa shape index (κ1) is 14.2. The summed E-state index contributed by atoms with van der Waals surface area (Å²) in [7, 11) is -1.91. The third kappa shape index (κ3) is 3.04. The third-order valence-electron chi connectivity index (χ3n) is 2.81. The standard InChI is InChI=1S/C14H12BFO4/c16-14-11(8-17)12(15(18)19)6-7-13(14)20-9-10-4-2-1-3-5-10/h1-8,18-19H,9H2. The summed E-state index contributed by atoms with van der Waals surface area (Å²) in [5, 5.41) is 18.1. The molecule has 2 aromatic carbocycles. The van der Waals surface area contributed by atoms with E-state index in [1.165, 1.54) is 12.1 Å². The van der Waals surface area contributed by atoms with Gasteiger partial charge in [-0.3, -0.25) is 4.79 Å². The molecule has 0 spiro atoms. The Morgan fingerprint density at radius 2 is 1.85 bits per heavy atom. The van der Waals surface area contributed by atoms with Gasteiger partial charge in [0.15, 0.2) is 17.9 Å². The Labute approximate surface area is 115 Å². The van der Waals surface area contributed by atoms with Crippen LogP contribution in [0.5, 0.6) is 5.75 Å². The molecule has 0 saturated heterocycles. The van der Waals surface area contributed by atoms with Crippen molar-refractivity contribution in [2.45, 2.75) is 6.61 Å². The fraction of sp³-hybridized carbons (Fsp3) is 0.0714. The SMILES string of the molecule is O=Cc1c(B(O)O)ccc(OCc2ccccc2)c1F. The maximum Gasteiger partial charge on any atom is 0.489 e. The highest BCUT2D eigenvalue weighted by atomic mass is 19.1. The lowest BCUT2D eigenvalue weighted by atomic mass is 9.77. The fourth-order valence-electron chi connectivity index (χ4n) is 1.78. The van der Waals surface area contributed by atoms with Gasteiger partial charge in [-0.25, -0.2) is 4.39 Å². The van der Waals surface area contributed by atoms with E-state index in [-0.39, 0.29) is 24.1 Å². The molecule has 6 heteroatoms. The summed E-state index contributed by atoms with van der Waals surface area (Å²) in [6.07, 6.45) is 0.236. The predicted octanol–water partition coefficient (Wildman–Crippen LogP) is 0.897. The molecule has 0 aliphatic rings. The van der Waals surface area contributed by atoms with Crippen molar-refractivity contribution in [2.24, 2.45) is 0 Å². The van der Waals surface area contributed by atoms with Crippen LogP contribution in [0.4, 0.5) is 4.39 Å². The molecule has 2 N–H and O–H groups in total. The van der Waals surface area contributed by atoms with Crippen LogP contribution in [0.15, 0.2) is 42.5 Å². The summed E-state index contributed by atoms with van der Waals surface area (Å²) in [6, 6.07) is 11.7. The molecule has 2 rings (SSSR count). The summed E-state index contributed by atoms with van der Waals surface area (Å²) >= 11 is 0. The molecule has 2 aromatic rings. The van der Waals surface area contributed by atoms with Crippen LogP contribution in [-0.4, -0.2) is 23.5 Å². The fourth-order valence-corrected chi connectivity index (χ4v) is 1.78. The van der Waals surface area contributed by atoms with Crippen molar-refractivity contribution in [3.05, 3.63) is 59.4 Å². The maximum absolute atomic E-state index is 14.0. The number of ether oxygens (including phenoxy) is 1. The van der Waals surface area contributed by atoms with E-state index in [1.54, 1.807) is 0 Å². The highest BCUT2D eigenvalue weighted by Gasteiger charge is 2.21. The van der Waals surface area contributed by atoms with Crippen LogP contribution in [0.2, 0.25) is 0 Å². The monoisotopic (exact) mass is 274 g/mol. The molecule has 0 atom stereocenters. The number of rotatable bonds is 5. The number of benzene rings is 2. The molecule has 0 aliphatic heterocycles. The first-order valence-electron chi connectivity index (χ1n) is 5.94. The van der Waals surface area contributed by atoms with E-state index in [4.69, 9.17) is 14.8 Å². The number of hydrogen-bond acceptors (Lipinski definition) is 4. The van der Waals surface area contributed by atoms with Crippen molar-refractivity contribution < 1.29 is 24.0 Å². The zero-order valence-corrected chi connectivity index (χ0v) is 10.5. The molecule has 0 aromatic heterocycles. The third-order valence-corrected chi connectivity index (χ3v) is 2.81. The lowest BCUT2D eigenvalue weighted by molar-refractivity contribution is 0.111. The van der Waals surface area contributed by atoms with E-state index in [9.17, 15) is 9.18 Å². The summed E-state index contributed by atoms with van der Waals surface area (Å²) in [4.78, 5) is 10.9. The quantitative estimate of drug-likeness (QED) is 0.628. The number of carbonyl (C=O) groups excluding carboxylic acids is 1. The van der Waals surface area contributed by atoms with Gasteiger partial charge < -0.3 is 14.8 Å². The molecule has 102 valence electrons. The number of hydrogen-bond donors (Lipinski definition) is 2. The molecule has 0 aliphatic carbocycles. The van der Waals surface area contributed by atoms with Crippen molar-refractivity contribution in [1.29, 1.82) is 0 Å². The molecular formula is C14H12BFO4. The van der Waals surface area contributed by atoms with Crippen LogP contribution in [0, 0.1) is 5.82 Å². The average Bonchev–Trinajstić information content (AvgIpc) is 2.46. The van der Waals surface area contributed by atoms with Crippen molar-refractivity contribution >= 4 is 18.9 Å². The molecule has 0 bridgehead atoms. The van der Waals surface area contributed by atoms with Gasteiger partial charge in [0, 0.05) is 0 Å². The Morgan fingerprint density at radius 3 is 2.45 bits per heavy atom. The molecule has 4 nitrogen and oxygen atoms in total. The highest BCUT2D eigenvalue weighted by molar-refractivity contribution is 6.60. The maximum atomic E-state index is 14.0. The minimum Gasteiger partial charge on any atom is -0.486 e. The van der Waals surface area contributed by atoms with Gasteiger partial charge in [-0.05, 0) is 17.1 Å². The Balaban J connectivity index is 2.23. The van der Waals surface area contributed by atoms with Crippen molar-refractivity contribution in [2.75, 3.05) is 0 Å². The largest absolute Gasteiger partial charge is 0.489 e. The first-order valence-corrected chi connectivity index (χ1v) is 5.94. The van der Waals surface area contributed by atoms with E-state index < -0.39 is 18.5 Å². The lowest BCUT2D eigenvalue weighted by Gasteiger charge is -2.11. The zero-order chi connectivity index (χ0) is 14.5. The summed E-state index contributed by atoms with van der Waals surface area (Å²) < 4.78 is 19.3. The van der Waals surface area contributed by atoms with Crippen molar-refractivity contribution in [3.63, 3.8) is 0 Å². The van der Waals surface area contributed by atoms with Gasteiger partial charge in [-0.1, -0.05) is 36.4 Å². The second-order valence-electron chi connectivity index (χ2n) is 4.15. The predicted molar refractivity (Wildman–Crippen MR) is 72.4 cm³/mol. The molecule has 0 unspecified atom stereocenters. The molecule has 20 heavy (non-hydrogen) atoms. The van der Waals surface area contributed by atoms with Gasteiger partial charge in [0.2, 0.25) is 0 Å². The molecule has 0 saturated carbocycles. The van der Waals surface area contributed by atoms with Crippen LogP contribution in [0.3, 0.4) is 0 Å². The Morgan fingerprint density at radius 1 is 1.15 bits per heavy atom. The van der Waals surface area contributed by atoms with Crippen molar-refractivity contribution in [1.82, 2.24) is 0 Å². The minimum atomic E-state index is -1.91. The number of halogens is 1. The van der Waals surface area contributed by atoms with Gasteiger partial charge in [0.1, 0.15) is 6.61 Å². The molecular weight excluding hydrogens is 262 g/mol. The lowest BCUT2D eigenvalue weighted by Crippen LogP contribution is -2.33. The Hall–Kier alpha value is -2.18. The molecule has 0 heterocycles. The summed E-state index contributed by atoms with van der Waals surface area (Å²) in [5.74, 6) is -1.01. The van der Waals surface area contributed by atoms with Crippen molar-refractivity contribution in [3.8, 4) is 5.75 Å². The van der Waals surface area contributed by atoms with Gasteiger partial charge in [-0.15, -0.1) is 0 Å². The highest BCUT2D eigenvalue weighted by Crippen LogP contribution is 2.19. The van der Waals surface area contributed by atoms with Crippen LogP contribution < -0.4 is 10.2 Å². The van der Waals surface area contributed by atoms with Gasteiger partial charge >= 0.3 is 7.12 Å². The smallest absolute Gasteiger partial charge is 0.486 e. The number of carbonyl (C=O) groups is 1. The van der Waals surface area contributed by atoms with E-state index in [2.05, 4.69) is 0 Å². The topological polar surface area (TPSA) is 66.8 Å². The molecule has 0 radical (unpaired) electrons. The molecule has 0 fully saturated rings. The second-order valence-corrected chi connectivity index (χ2v) is 4.15. The van der Waals surface area contributed by atoms with Crippen LogP contribution >= 0.6 is 0 Å². The zero-order valence-electron chi connectivity index (χ0n) is 10.5. The van der Waals surface area contributed by atoms with E-state index >= 15 is 0 Å². The van der Waals surface area contributed by atoms with Gasteiger partial charge in [-0.2, -0.15) is 0 Å². The molecule has 0 amide bonds. The van der Waals surface area contributed by atoms with E-state index in [0.29, 0.717) is 0 Å². The summed E-state index contributed by atoms with van der Waals surface area (Å²) in [5.41, 5.74) is 0.251.